The minimum absolute atomic E-state index is 0.271. The van der Waals surface area contributed by atoms with Crippen LogP contribution in [0.15, 0.2) is 30.5 Å². The maximum Gasteiger partial charge on any atom is 0.250 e. The molecule has 1 heterocycles. The molecule has 0 fully saturated rings. The van der Waals surface area contributed by atoms with Crippen molar-refractivity contribution in [1.82, 2.24) is 4.98 Å². The molecule has 2 rings (SSSR count). The predicted molar refractivity (Wildman–Crippen MR) is 82.5 cm³/mol. The first-order valence-electron chi connectivity index (χ1n) is 6.72. The lowest BCUT2D eigenvalue weighted by Crippen LogP contribution is -2.11. The first-order valence-corrected chi connectivity index (χ1v) is 6.72. The molecule has 0 saturated carbocycles. The Morgan fingerprint density at radius 1 is 1.29 bits per heavy atom. The van der Waals surface area contributed by atoms with Gasteiger partial charge in [-0.2, -0.15) is 0 Å². The van der Waals surface area contributed by atoms with Gasteiger partial charge < -0.3 is 16.2 Å². The molecule has 5 nitrogen and oxygen atoms in total. The molecule has 110 valence electrons. The number of ether oxygens (including phenoxy) is 1. The molecule has 0 saturated heterocycles. The van der Waals surface area contributed by atoms with Gasteiger partial charge in [0.05, 0.1) is 5.56 Å². The number of benzene rings is 1. The summed E-state index contributed by atoms with van der Waals surface area (Å²) in [5, 5.41) is 0. The van der Waals surface area contributed by atoms with E-state index in [9.17, 15) is 4.79 Å². The third-order valence-electron chi connectivity index (χ3n) is 3.26. The molecular formula is C16H19N3O2. The summed E-state index contributed by atoms with van der Waals surface area (Å²) in [4.78, 5) is 15.1. The van der Waals surface area contributed by atoms with Crippen molar-refractivity contribution < 1.29 is 9.53 Å². The molecule has 1 amide bonds. The minimum atomic E-state index is -0.514. The molecule has 0 atom stereocenters. The fourth-order valence-electron chi connectivity index (χ4n) is 1.95. The van der Waals surface area contributed by atoms with E-state index in [-0.39, 0.29) is 5.92 Å². The van der Waals surface area contributed by atoms with E-state index < -0.39 is 5.91 Å². The summed E-state index contributed by atoms with van der Waals surface area (Å²) in [7, 11) is 0. The number of carbonyl (C=O) groups is 1. The van der Waals surface area contributed by atoms with E-state index in [2.05, 4.69) is 18.8 Å². The van der Waals surface area contributed by atoms with Gasteiger partial charge in [0.15, 0.2) is 0 Å². The maximum absolute atomic E-state index is 11.0. The van der Waals surface area contributed by atoms with Crippen LogP contribution >= 0.6 is 0 Å². The largest absolute Gasteiger partial charge is 0.439 e. The quantitative estimate of drug-likeness (QED) is 0.845. The van der Waals surface area contributed by atoms with Gasteiger partial charge in [-0.3, -0.25) is 4.79 Å². The highest BCUT2D eigenvalue weighted by Gasteiger charge is 2.12. The van der Waals surface area contributed by atoms with Gasteiger partial charge in [0, 0.05) is 18.0 Å². The summed E-state index contributed by atoms with van der Waals surface area (Å²) in [6.45, 7) is 6.07. The van der Waals surface area contributed by atoms with Gasteiger partial charge in [0.2, 0.25) is 11.8 Å². The molecule has 1 aromatic carbocycles. The highest BCUT2D eigenvalue weighted by molar-refractivity contribution is 5.92. The smallest absolute Gasteiger partial charge is 0.250 e. The highest BCUT2D eigenvalue weighted by atomic mass is 16.5. The molecule has 0 spiro atoms. The third kappa shape index (κ3) is 3.31. The molecule has 0 bridgehead atoms. The number of nitrogens with two attached hydrogens (primary N) is 2. The van der Waals surface area contributed by atoms with Crippen molar-refractivity contribution in [2.45, 2.75) is 26.7 Å². The van der Waals surface area contributed by atoms with Crippen molar-refractivity contribution in [1.29, 1.82) is 0 Å². The van der Waals surface area contributed by atoms with Crippen LogP contribution in [0.1, 0.15) is 41.3 Å². The normalized spacial score (nSPS) is 10.7. The molecule has 1 aromatic heterocycles. The number of nitrogens with zero attached hydrogens (tertiary/aromatic N) is 1. The first-order chi connectivity index (χ1) is 9.88. The van der Waals surface area contributed by atoms with Crippen molar-refractivity contribution in [3.63, 3.8) is 0 Å². The monoisotopic (exact) mass is 285 g/mol. The van der Waals surface area contributed by atoms with Crippen LogP contribution in [0, 0.1) is 6.92 Å². The standard InChI is InChI=1S/C16H19N3O2/c1-9(2)12-7-13(17)10(3)6-14(12)21-15-5-4-11(8-19-15)16(18)20/h4-9H,17H2,1-3H3,(H2,18,20). The summed E-state index contributed by atoms with van der Waals surface area (Å²) < 4.78 is 5.82. The number of hydrogen-bond donors (Lipinski definition) is 2. The zero-order chi connectivity index (χ0) is 15.6. The van der Waals surface area contributed by atoms with Gasteiger partial charge in [0.1, 0.15) is 5.75 Å². The Hall–Kier alpha value is -2.56. The first kappa shape index (κ1) is 14.8. The van der Waals surface area contributed by atoms with E-state index in [4.69, 9.17) is 16.2 Å². The van der Waals surface area contributed by atoms with Crippen molar-refractivity contribution in [3.05, 3.63) is 47.2 Å². The molecule has 0 radical (unpaired) electrons. The van der Waals surface area contributed by atoms with Gasteiger partial charge in [-0.05, 0) is 42.2 Å². The summed E-state index contributed by atoms with van der Waals surface area (Å²) in [6.07, 6.45) is 1.40. The second-order valence-electron chi connectivity index (χ2n) is 5.25. The van der Waals surface area contributed by atoms with E-state index in [1.165, 1.54) is 6.20 Å². The van der Waals surface area contributed by atoms with Crippen LogP contribution in [0.25, 0.3) is 0 Å². The van der Waals surface area contributed by atoms with Crippen LogP contribution < -0.4 is 16.2 Å². The molecule has 2 aromatic rings. The average molecular weight is 285 g/mol. The SMILES string of the molecule is Cc1cc(Oc2ccc(C(N)=O)cn2)c(C(C)C)cc1N. The Morgan fingerprint density at radius 3 is 2.52 bits per heavy atom. The molecule has 21 heavy (non-hydrogen) atoms. The Labute approximate surface area is 123 Å². The number of aryl methyl sites for hydroxylation is 1. The second-order valence-corrected chi connectivity index (χ2v) is 5.25. The zero-order valence-electron chi connectivity index (χ0n) is 12.4. The van der Waals surface area contributed by atoms with E-state index in [1.807, 2.05) is 19.1 Å². The van der Waals surface area contributed by atoms with Gasteiger partial charge in [-0.1, -0.05) is 13.8 Å². The molecule has 5 heteroatoms. The van der Waals surface area contributed by atoms with Gasteiger partial charge in [-0.25, -0.2) is 4.98 Å². The zero-order valence-corrected chi connectivity index (χ0v) is 12.4. The molecule has 0 unspecified atom stereocenters. The van der Waals surface area contributed by atoms with Crippen LogP contribution in [0.5, 0.6) is 11.6 Å². The number of hydrogen-bond acceptors (Lipinski definition) is 4. The molecule has 0 aliphatic carbocycles. The van der Waals surface area contributed by atoms with E-state index in [0.29, 0.717) is 11.4 Å². The number of rotatable bonds is 4. The average Bonchev–Trinajstić information content (AvgIpc) is 2.43. The number of anilines is 1. The van der Waals surface area contributed by atoms with E-state index >= 15 is 0 Å². The Balaban J connectivity index is 2.34. The van der Waals surface area contributed by atoms with E-state index in [1.54, 1.807) is 12.1 Å². The van der Waals surface area contributed by atoms with Crippen molar-refractivity contribution in [3.8, 4) is 11.6 Å². The number of amides is 1. The summed E-state index contributed by atoms with van der Waals surface area (Å²) >= 11 is 0. The summed E-state index contributed by atoms with van der Waals surface area (Å²) in [5.41, 5.74) is 14.2. The Kier molecular flexibility index (Phi) is 4.12. The van der Waals surface area contributed by atoms with Crippen molar-refractivity contribution in [2.75, 3.05) is 5.73 Å². The summed E-state index contributed by atoms with van der Waals surface area (Å²) in [5.74, 6) is 0.884. The lowest BCUT2D eigenvalue weighted by atomic mass is 9.99. The minimum Gasteiger partial charge on any atom is -0.439 e. The topological polar surface area (TPSA) is 91.2 Å². The fraction of sp³-hybridized carbons (Fsp3) is 0.250. The van der Waals surface area contributed by atoms with Gasteiger partial charge >= 0.3 is 0 Å². The molecular weight excluding hydrogens is 266 g/mol. The fourth-order valence-corrected chi connectivity index (χ4v) is 1.95. The van der Waals surface area contributed by atoms with Gasteiger partial charge in [-0.15, -0.1) is 0 Å². The van der Waals surface area contributed by atoms with Crippen LogP contribution in [-0.4, -0.2) is 10.9 Å². The highest BCUT2D eigenvalue weighted by Crippen LogP contribution is 2.33. The number of aromatic nitrogens is 1. The number of primary amides is 1. The lowest BCUT2D eigenvalue weighted by Gasteiger charge is -2.15. The third-order valence-corrected chi connectivity index (χ3v) is 3.26. The lowest BCUT2D eigenvalue weighted by molar-refractivity contribution is 0.1000. The number of nitrogen functional groups attached to an aromatic ring is 1. The second kappa shape index (κ2) is 5.83. The van der Waals surface area contributed by atoms with Crippen LogP contribution in [-0.2, 0) is 0 Å². The van der Waals surface area contributed by atoms with Gasteiger partial charge in [0.25, 0.3) is 0 Å². The van der Waals surface area contributed by atoms with Crippen molar-refractivity contribution in [2.24, 2.45) is 5.73 Å². The number of carbonyl (C=O) groups excluding carboxylic acids is 1. The molecule has 4 N–H and O–H groups in total. The van der Waals surface area contributed by atoms with Crippen LogP contribution in [0.4, 0.5) is 5.69 Å². The molecule has 0 aliphatic heterocycles. The molecule has 0 aliphatic rings. The summed E-state index contributed by atoms with van der Waals surface area (Å²) in [6, 6.07) is 7.03. The number of pyridine rings is 1. The van der Waals surface area contributed by atoms with Crippen molar-refractivity contribution >= 4 is 11.6 Å². The van der Waals surface area contributed by atoms with Crippen LogP contribution in [0.3, 0.4) is 0 Å². The van der Waals surface area contributed by atoms with Crippen LogP contribution in [0.2, 0.25) is 0 Å². The maximum atomic E-state index is 11.0. The predicted octanol–water partition coefficient (Wildman–Crippen LogP) is 2.99. The van der Waals surface area contributed by atoms with E-state index in [0.717, 1.165) is 22.6 Å². The Bertz CT molecular complexity index is 664. The Morgan fingerprint density at radius 2 is 2.00 bits per heavy atom.